The molecule has 2 atom stereocenters. The number of nitrogens with one attached hydrogen (secondary N) is 1. The molecule has 1 aromatic carbocycles. The van der Waals surface area contributed by atoms with Crippen LogP contribution in [0.25, 0.3) is 0 Å². The molecule has 19 heavy (non-hydrogen) atoms. The molecule has 0 fully saturated rings. The Morgan fingerprint density at radius 2 is 1.89 bits per heavy atom. The van der Waals surface area contributed by atoms with Crippen LogP contribution in [0.3, 0.4) is 0 Å². The zero-order valence-corrected chi connectivity index (χ0v) is 12.4. The second kappa shape index (κ2) is 6.44. The average Bonchev–Trinajstić information content (AvgIpc) is 2.35. The van der Waals surface area contributed by atoms with Crippen LogP contribution in [0.5, 0.6) is 0 Å². The Hall–Kier alpha value is -1.00. The molecule has 0 aliphatic heterocycles. The van der Waals surface area contributed by atoms with Crippen molar-refractivity contribution in [1.82, 2.24) is 10.2 Å². The summed E-state index contributed by atoms with van der Waals surface area (Å²) >= 11 is 0. The summed E-state index contributed by atoms with van der Waals surface area (Å²) < 4.78 is 27.1. The van der Waals surface area contributed by atoms with Crippen LogP contribution < -0.4 is 5.32 Å². The summed E-state index contributed by atoms with van der Waals surface area (Å²) in [5, 5.41) is 3.33. The summed E-state index contributed by atoms with van der Waals surface area (Å²) in [4.78, 5) is 2.09. The summed E-state index contributed by atoms with van der Waals surface area (Å²) in [5.41, 5.74) is 0.274. The lowest BCUT2D eigenvalue weighted by Gasteiger charge is -2.43. The summed E-state index contributed by atoms with van der Waals surface area (Å²) in [6.07, 6.45) is 0.856. The summed E-state index contributed by atoms with van der Waals surface area (Å²) in [6.45, 7) is 6.87. The highest BCUT2D eigenvalue weighted by atomic mass is 19.1. The van der Waals surface area contributed by atoms with Gasteiger partial charge in [0.25, 0.3) is 0 Å². The number of likely N-dealkylation sites (N-methyl/N-ethyl adjacent to an activating group) is 2. The smallest absolute Gasteiger partial charge is 0.130 e. The highest BCUT2D eigenvalue weighted by Crippen LogP contribution is 2.34. The van der Waals surface area contributed by atoms with E-state index in [9.17, 15) is 8.78 Å². The Bertz CT molecular complexity index is 421. The van der Waals surface area contributed by atoms with Crippen molar-refractivity contribution < 1.29 is 8.78 Å². The van der Waals surface area contributed by atoms with Gasteiger partial charge in [-0.1, -0.05) is 19.9 Å². The van der Waals surface area contributed by atoms with E-state index in [4.69, 9.17) is 0 Å². The van der Waals surface area contributed by atoms with E-state index in [0.717, 1.165) is 19.0 Å². The van der Waals surface area contributed by atoms with E-state index in [1.807, 2.05) is 21.0 Å². The molecule has 1 N–H and O–H groups in total. The van der Waals surface area contributed by atoms with Gasteiger partial charge in [0.2, 0.25) is 0 Å². The van der Waals surface area contributed by atoms with Crippen LogP contribution in [-0.2, 0) is 0 Å². The van der Waals surface area contributed by atoms with Crippen LogP contribution in [0.2, 0.25) is 0 Å². The number of hydrogen-bond donors (Lipinski definition) is 1. The first-order valence-electron chi connectivity index (χ1n) is 6.72. The van der Waals surface area contributed by atoms with Gasteiger partial charge in [0.1, 0.15) is 11.6 Å². The van der Waals surface area contributed by atoms with Gasteiger partial charge in [-0.2, -0.15) is 0 Å². The minimum atomic E-state index is -0.542. The monoisotopic (exact) mass is 270 g/mol. The van der Waals surface area contributed by atoms with E-state index in [0.29, 0.717) is 5.56 Å². The SMILES string of the molecule is CCNC(c1ccc(F)cc1F)C(C)(CC)N(C)C. The maximum atomic E-state index is 14.1. The standard InChI is InChI=1S/C15H24F2N2/c1-6-15(3,19(4)5)14(18-7-2)12-9-8-11(16)10-13(12)17/h8-10,14,18H,6-7H2,1-5H3. The second-order valence-corrected chi connectivity index (χ2v) is 5.26. The van der Waals surface area contributed by atoms with E-state index in [-0.39, 0.29) is 11.6 Å². The first kappa shape index (κ1) is 16.1. The highest BCUT2D eigenvalue weighted by Gasteiger charge is 2.36. The summed E-state index contributed by atoms with van der Waals surface area (Å²) in [6, 6.07) is 3.62. The number of rotatable bonds is 6. The lowest BCUT2D eigenvalue weighted by atomic mass is 9.83. The number of halogens is 2. The third kappa shape index (κ3) is 3.31. The molecular formula is C15H24F2N2. The molecule has 2 nitrogen and oxygen atoms in total. The summed E-state index contributed by atoms with van der Waals surface area (Å²) in [7, 11) is 3.96. The molecule has 1 rings (SSSR count). The lowest BCUT2D eigenvalue weighted by molar-refractivity contribution is 0.112. The van der Waals surface area contributed by atoms with Crippen molar-refractivity contribution >= 4 is 0 Å². The van der Waals surface area contributed by atoms with E-state index >= 15 is 0 Å². The van der Waals surface area contributed by atoms with Gasteiger partial charge < -0.3 is 10.2 Å². The van der Waals surface area contributed by atoms with Gasteiger partial charge in [0, 0.05) is 17.2 Å². The fourth-order valence-corrected chi connectivity index (χ4v) is 2.38. The Kier molecular flexibility index (Phi) is 5.44. The minimum Gasteiger partial charge on any atom is -0.309 e. The fraction of sp³-hybridized carbons (Fsp3) is 0.600. The van der Waals surface area contributed by atoms with Crippen molar-refractivity contribution in [2.75, 3.05) is 20.6 Å². The molecule has 0 saturated carbocycles. The maximum absolute atomic E-state index is 14.1. The quantitative estimate of drug-likeness (QED) is 0.853. The van der Waals surface area contributed by atoms with Gasteiger partial charge in [-0.05, 0) is 40.1 Å². The van der Waals surface area contributed by atoms with Gasteiger partial charge in [0.15, 0.2) is 0 Å². The molecular weight excluding hydrogens is 246 g/mol. The van der Waals surface area contributed by atoms with Crippen LogP contribution in [-0.4, -0.2) is 31.1 Å². The molecule has 1 aromatic rings. The zero-order valence-electron chi connectivity index (χ0n) is 12.4. The predicted molar refractivity (Wildman–Crippen MR) is 75.2 cm³/mol. The largest absolute Gasteiger partial charge is 0.309 e. The van der Waals surface area contributed by atoms with Crippen molar-refractivity contribution in [3.05, 3.63) is 35.4 Å². The first-order chi connectivity index (χ1) is 8.86. The molecule has 0 aliphatic carbocycles. The van der Waals surface area contributed by atoms with Crippen LogP contribution >= 0.6 is 0 Å². The fourth-order valence-electron chi connectivity index (χ4n) is 2.38. The third-order valence-electron chi connectivity index (χ3n) is 4.04. The molecule has 4 heteroatoms. The highest BCUT2D eigenvalue weighted by molar-refractivity contribution is 5.25. The Labute approximate surface area is 114 Å². The normalized spacial score (nSPS) is 16.4. The molecule has 0 bridgehead atoms. The molecule has 0 aromatic heterocycles. The van der Waals surface area contributed by atoms with Crippen molar-refractivity contribution in [2.24, 2.45) is 0 Å². The number of hydrogen-bond acceptors (Lipinski definition) is 2. The first-order valence-corrected chi connectivity index (χ1v) is 6.72. The lowest BCUT2D eigenvalue weighted by Crippen LogP contribution is -2.51. The molecule has 0 radical (unpaired) electrons. The van der Waals surface area contributed by atoms with Gasteiger partial charge in [-0.3, -0.25) is 0 Å². The topological polar surface area (TPSA) is 15.3 Å². The van der Waals surface area contributed by atoms with Gasteiger partial charge in [-0.15, -0.1) is 0 Å². The maximum Gasteiger partial charge on any atom is 0.130 e. The van der Waals surface area contributed by atoms with Crippen LogP contribution in [0.1, 0.15) is 38.8 Å². The van der Waals surface area contributed by atoms with Gasteiger partial charge in [-0.25, -0.2) is 8.78 Å². The molecule has 108 valence electrons. The van der Waals surface area contributed by atoms with Crippen molar-refractivity contribution in [3.63, 3.8) is 0 Å². The Morgan fingerprint density at radius 3 is 2.32 bits per heavy atom. The van der Waals surface area contributed by atoms with Crippen LogP contribution in [0.4, 0.5) is 8.78 Å². The Morgan fingerprint density at radius 1 is 1.26 bits per heavy atom. The van der Waals surface area contributed by atoms with Crippen LogP contribution in [0.15, 0.2) is 18.2 Å². The molecule has 0 spiro atoms. The van der Waals surface area contributed by atoms with Gasteiger partial charge >= 0.3 is 0 Å². The molecule has 0 heterocycles. The van der Waals surface area contributed by atoms with Crippen LogP contribution in [0, 0.1) is 11.6 Å². The zero-order chi connectivity index (χ0) is 14.6. The molecule has 0 saturated heterocycles. The van der Waals surface area contributed by atoms with E-state index in [1.54, 1.807) is 0 Å². The van der Waals surface area contributed by atoms with Crippen molar-refractivity contribution in [3.8, 4) is 0 Å². The van der Waals surface area contributed by atoms with E-state index < -0.39 is 11.6 Å². The molecule has 0 amide bonds. The second-order valence-electron chi connectivity index (χ2n) is 5.26. The number of benzene rings is 1. The molecule has 0 aliphatic rings. The minimum absolute atomic E-state index is 0.182. The predicted octanol–water partition coefficient (Wildman–Crippen LogP) is 3.35. The summed E-state index contributed by atoms with van der Waals surface area (Å²) in [5.74, 6) is -1.04. The van der Waals surface area contributed by atoms with E-state index in [1.165, 1.54) is 12.1 Å². The average molecular weight is 270 g/mol. The Balaban J connectivity index is 3.26. The van der Waals surface area contributed by atoms with Crippen molar-refractivity contribution in [1.29, 1.82) is 0 Å². The third-order valence-corrected chi connectivity index (χ3v) is 4.04. The molecule has 2 unspecified atom stereocenters. The van der Waals surface area contributed by atoms with Crippen molar-refractivity contribution in [2.45, 2.75) is 38.8 Å². The number of nitrogens with zero attached hydrogens (tertiary/aromatic N) is 1. The van der Waals surface area contributed by atoms with E-state index in [2.05, 4.69) is 24.1 Å². The van der Waals surface area contributed by atoms with Gasteiger partial charge in [0.05, 0.1) is 6.04 Å².